The number of carbonyl (C=O) groups excluding carboxylic acids is 1. The number of esters is 1. The van der Waals surface area contributed by atoms with Gasteiger partial charge in [-0.3, -0.25) is 0 Å². The second-order valence-corrected chi connectivity index (χ2v) is 4.33. The van der Waals surface area contributed by atoms with Crippen molar-refractivity contribution in [1.29, 1.82) is 0 Å². The van der Waals surface area contributed by atoms with E-state index >= 15 is 0 Å². The number of aliphatic hydroxyl groups is 1. The van der Waals surface area contributed by atoms with Gasteiger partial charge < -0.3 is 24.1 Å². The van der Waals surface area contributed by atoms with Gasteiger partial charge in [-0.2, -0.15) is 0 Å². The Bertz CT molecular complexity index is 329. The van der Waals surface area contributed by atoms with Crippen LogP contribution in [0, 0.1) is 0 Å². The van der Waals surface area contributed by atoms with Crippen molar-refractivity contribution in [2.75, 3.05) is 33.0 Å². The van der Waals surface area contributed by atoms with Crippen LogP contribution in [0.25, 0.3) is 0 Å². The molecule has 6 heteroatoms. The lowest BCUT2D eigenvalue weighted by atomic mass is 10.2. The summed E-state index contributed by atoms with van der Waals surface area (Å²) in [6.07, 6.45) is 0.712. The third-order valence-corrected chi connectivity index (χ3v) is 2.71. The Hall–Kier alpha value is -1.11. The van der Waals surface area contributed by atoms with Crippen LogP contribution < -0.4 is 0 Å². The standard InChI is InChI=1S/C12H18O6/c1-8(12(14)18-7-10-6-17-10)11(15-3-2-13)4-9-5-16-9/h9-10,13H,2-7H2,1H3. The molecule has 0 aromatic carbocycles. The van der Waals surface area contributed by atoms with Gasteiger partial charge in [0.2, 0.25) is 0 Å². The van der Waals surface area contributed by atoms with Crippen LogP contribution in [0.5, 0.6) is 0 Å². The number of hydrogen-bond donors (Lipinski definition) is 1. The molecule has 2 unspecified atom stereocenters. The lowest BCUT2D eigenvalue weighted by Gasteiger charge is -2.12. The van der Waals surface area contributed by atoms with Gasteiger partial charge in [0.05, 0.1) is 31.5 Å². The summed E-state index contributed by atoms with van der Waals surface area (Å²) >= 11 is 0. The molecule has 0 bridgehead atoms. The highest BCUT2D eigenvalue weighted by Gasteiger charge is 2.28. The van der Waals surface area contributed by atoms with Crippen LogP contribution in [-0.2, 0) is 23.7 Å². The monoisotopic (exact) mass is 258 g/mol. The SMILES string of the molecule is CC(C(=O)OCC1CO1)=C(CC1CO1)OCCO. The largest absolute Gasteiger partial charge is 0.495 e. The zero-order valence-electron chi connectivity index (χ0n) is 10.4. The van der Waals surface area contributed by atoms with E-state index in [2.05, 4.69) is 0 Å². The van der Waals surface area contributed by atoms with Crippen molar-refractivity contribution in [2.45, 2.75) is 25.6 Å². The maximum Gasteiger partial charge on any atom is 0.337 e. The van der Waals surface area contributed by atoms with Gasteiger partial charge in [-0.05, 0) is 6.92 Å². The highest BCUT2D eigenvalue weighted by Crippen LogP contribution is 2.23. The summed E-state index contributed by atoms with van der Waals surface area (Å²) in [7, 11) is 0. The molecule has 2 fully saturated rings. The van der Waals surface area contributed by atoms with E-state index in [1.54, 1.807) is 6.92 Å². The van der Waals surface area contributed by atoms with Crippen LogP contribution >= 0.6 is 0 Å². The number of ether oxygens (including phenoxy) is 4. The van der Waals surface area contributed by atoms with E-state index in [1.165, 1.54) is 0 Å². The van der Waals surface area contributed by atoms with Gasteiger partial charge in [0.15, 0.2) is 0 Å². The molecule has 2 saturated heterocycles. The number of rotatable bonds is 8. The smallest absolute Gasteiger partial charge is 0.337 e. The minimum Gasteiger partial charge on any atom is -0.495 e. The highest BCUT2D eigenvalue weighted by molar-refractivity contribution is 5.88. The van der Waals surface area contributed by atoms with Gasteiger partial charge in [-0.15, -0.1) is 0 Å². The summed E-state index contributed by atoms with van der Waals surface area (Å²) in [5, 5.41) is 8.76. The van der Waals surface area contributed by atoms with Gasteiger partial charge in [-0.25, -0.2) is 4.79 Å². The molecule has 2 aliphatic rings. The van der Waals surface area contributed by atoms with E-state index in [0.717, 1.165) is 0 Å². The molecule has 2 rings (SSSR count). The lowest BCUT2D eigenvalue weighted by molar-refractivity contribution is -0.139. The Morgan fingerprint density at radius 3 is 2.50 bits per heavy atom. The molecule has 0 amide bonds. The first-order valence-electron chi connectivity index (χ1n) is 6.04. The molecule has 0 aromatic rings. The Morgan fingerprint density at radius 1 is 1.28 bits per heavy atom. The Labute approximate surface area is 105 Å². The molecule has 0 radical (unpaired) electrons. The Balaban J connectivity index is 1.88. The molecular weight excluding hydrogens is 240 g/mol. The molecule has 0 saturated carbocycles. The van der Waals surface area contributed by atoms with Crippen LogP contribution in [0.3, 0.4) is 0 Å². The fraction of sp³-hybridized carbons (Fsp3) is 0.750. The van der Waals surface area contributed by atoms with Crippen molar-refractivity contribution < 1.29 is 28.8 Å². The number of carbonyl (C=O) groups is 1. The molecule has 0 spiro atoms. The van der Waals surface area contributed by atoms with Crippen LogP contribution in [-0.4, -0.2) is 56.3 Å². The van der Waals surface area contributed by atoms with Crippen molar-refractivity contribution in [3.63, 3.8) is 0 Å². The normalized spacial score (nSPS) is 26.3. The zero-order chi connectivity index (χ0) is 13.0. The van der Waals surface area contributed by atoms with E-state index in [9.17, 15) is 4.79 Å². The first-order valence-corrected chi connectivity index (χ1v) is 6.04. The molecule has 0 aliphatic carbocycles. The summed E-state index contributed by atoms with van der Waals surface area (Å²) in [4.78, 5) is 11.8. The molecule has 2 aliphatic heterocycles. The molecule has 6 nitrogen and oxygen atoms in total. The summed E-state index contributed by atoms with van der Waals surface area (Å²) in [5.41, 5.74) is 0.430. The molecule has 1 N–H and O–H groups in total. The van der Waals surface area contributed by atoms with Crippen molar-refractivity contribution in [1.82, 2.24) is 0 Å². The molecular formula is C12H18O6. The second kappa shape index (κ2) is 6.17. The Morgan fingerprint density at radius 2 is 1.94 bits per heavy atom. The van der Waals surface area contributed by atoms with E-state index < -0.39 is 5.97 Å². The maximum atomic E-state index is 11.8. The van der Waals surface area contributed by atoms with Crippen molar-refractivity contribution >= 4 is 5.97 Å². The third kappa shape index (κ3) is 4.29. The topological polar surface area (TPSA) is 80.8 Å². The second-order valence-electron chi connectivity index (χ2n) is 4.33. The van der Waals surface area contributed by atoms with E-state index in [-0.39, 0.29) is 32.0 Å². The average Bonchev–Trinajstić information content (AvgIpc) is 3.25. The van der Waals surface area contributed by atoms with Gasteiger partial charge in [0.1, 0.15) is 25.1 Å². The van der Waals surface area contributed by atoms with Gasteiger partial charge in [-0.1, -0.05) is 0 Å². The van der Waals surface area contributed by atoms with Crippen molar-refractivity contribution in [3.8, 4) is 0 Å². The molecule has 18 heavy (non-hydrogen) atoms. The number of aliphatic hydroxyl groups excluding tert-OH is 1. The van der Waals surface area contributed by atoms with Crippen molar-refractivity contribution in [2.24, 2.45) is 0 Å². The van der Waals surface area contributed by atoms with Crippen molar-refractivity contribution in [3.05, 3.63) is 11.3 Å². The summed E-state index contributed by atoms with van der Waals surface area (Å²) < 4.78 is 20.5. The summed E-state index contributed by atoms with van der Waals surface area (Å²) in [6, 6.07) is 0. The number of hydrogen-bond acceptors (Lipinski definition) is 6. The number of epoxide rings is 2. The maximum absolute atomic E-state index is 11.8. The van der Waals surface area contributed by atoms with E-state index in [4.69, 9.17) is 24.1 Å². The third-order valence-electron chi connectivity index (χ3n) is 2.71. The minimum atomic E-state index is -0.404. The highest BCUT2D eigenvalue weighted by atomic mass is 16.6. The van der Waals surface area contributed by atoms with Gasteiger partial charge in [0, 0.05) is 6.42 Å². The Kier molecular flexibility index (Phi) is 4.57. The van der Waals surface area contributed by atoms with E-state index in [0.29, 0.717) is 31.0 Å². The van der Waals surface area contributed by atoms with E-state index in [1.807, 2.05) is 0 Å². The van der Waals surface area contributed by atoms with Gasteiger partial charge in [0.25, 0.3) is 0 Å². The molecule has 2 atom stereocenters. The fourth-order valence-electron chi connectivity index (χ4n) is 1.44. The van der Waals surface area contributed by atoms with Gasteiger partial charge >= 0.3 is 5.97 Å². The molecule has 0 aromatic heterocycles. The first-order chi connectivity index (χ1) is 8.70. The minimum absolute atomic E-state index is 0.0512. The van der Waals surface area contributed by atoms with Crippen LogP contribution in [0.15, 0.2) is 11.3 Å². The predicted molar refractivity (Wildman–Crippen MR) is 60.8 cm³/mol. The quantitative estimate of drug-likeness (QED) is 0.286. The summed E-state index contributed by atoms with van der Waals surface area (Å²) in [5.74, 6) is 0.132. The molecule has 102 valence electrons. The summed E-state index contributed by atoms with van der Waals surface area (Å²) in [6.45, 7) is 3.35. The van der Waals surface area contributed by atoms with Crippen LogP contribution in [0.2, 0.25) is 0 Å². The fourth-order valence-corrected chi connectivity index (χ4v) is 1.44. The average molecular weight is 258 g/mol. The first kappa shape index (κ1) is 13.3. The predicted octanol–water partition coefficient (Wildman–Crippen LogP) is 0.000200. The van der Waals surface area contributed by atoms with Crippen LogP contribution in [0.1, 0.15) is 13.3 Å². The zero-order valence-corrected chi connectivity index (χ0v) is 10.4. The lowest BCUT2D eigenvalue weighted by Crippen LogP contribution is -2.14. The molecule has 2 heterocycles. The van der Waals surface area contributed by atoms with Crippen LogP contribution in [0.4, 0.5) is 0 Å².